The normalized spacial score (nSPS) is 16.0. The van der Waals surface area contributed by atoms with Gasteiger partial charge in [-0.25, -0.2) is 0 Å². The summed E-state index contributed by atoms with van der Waals surface area (Å²) in [5.74, 6) is 0. The van der Waals surface area contributed by atoms with Gasteiger partial charge in [0.25, 0.3) is 0 Å². The molecule has 1 atom stereocenters. The van der Waals surface area contributed by atoms with Crippen LogP contribution in [0.25, 0.3) is 22.2 Å². The number of rotatable bonds is 3. The Kier molecular flexibility index (Phi) is 3.61. The van der Waals surface area contributed by atoms with E-state index in [1.165, 1.54) is 0 Å². The van der Waals surface area contributed by atoms with Crippen molar-refractivity contribution in [3.05, 3.63) is 59.7 Å². The number of fused-ring (bicyclic) bond motifs is 2. The lowest BCUT2D eigenvalue weighted by Crippen LogP contribution is -2.19. The molecule has 0 bridgehead atoms. The third kappa shape index (κ3) is 2.72. The largest absolute Gasteiger partial charge is 0.377 e. The van der Waals surface area contributed by atoms with E-state index in [0.717, 1.165) is 58.4 Å². The molecule has 0 aliphatic heterocycles. The zero-order chi connectivity index (χ0) is 18.2. The van der Waals surface area contributed by atoms with Crippen LogP contribution in [0, 0.1) is 11.3 Å². The molecule has 27 heavy (non-hydrogen) atoms. The summed E-state index contributed by atoms with van der Waals surface area (Å²) in [6.07, 6.45) is 7.94. The molecule has 0 saturated heterocycles. The van der Waals surface area contributed by atoms with Gasteiger partial charge in [-0.1, -0.05) is 5.16 Å². The average molecular weight is 356 g/mol. The number of nitriles is 1. The summed E-state index contributed by atoms with van der Waals surface area (Å²) in [5, 5.41) is 24.9. The monoisotopic (exact) mass is 356 g/mol. The van der Waals surface area contributed by atoms with Gasteiger partial charge in [0.2, 0.25) is 0 Å². The van der Waals surface area contributed by atoms with Crippen LogP contribution in [0.3, 0.4) is 0 Å². The molecule has 7 heteroatoms. The van der Waals surface area contributed by atoms with Gasteiger partial charge in [0.1, 0.15) is 18.0 Å². The summed E-state index contributed by atoms with van der Waals surface area (Å²) in [4.78, 5) is 4.55. The lowest BCUT2D eigenvalue weighted by molar-refractivity contribution is 0.420. The SMILES string of the molecule is N#Cc1cnc2c(c1)CCCC2Nc1ccc2[nH]nc(-c3cnoc3)c2c1. The fraction of sp³-hybridized carbons (Fsp3) is 0.200. The van der Waals surface area contributed by atoms with Crippen molar-refractivity contribution in [1.29, 1.82) is 5.26 Å². The Balaban J connectivity index is 1.49. The smallest absolute Gasteiger partial charge is 0.133 e. The molecular formula is C20H16N6O. The van der Waals surface area contributed by atoms with Gasteiger partial charge >= 0.3 is 0 Å². The van der Waals surface area contributed by atoms with Gasteiger partial charge in [0.05, 0.1) is 34.6 Å². The van der Waals surface area contributed by atoms with E-state index in [1.54, 1.807) is 18.7 Å². The predicted octanol–water partition coefficient (Wildman–Crippen LogP) is 3.97. The highest BCUT2D eigenvalue weighted by molar-refractivity contribution is 5.94. The zero-order valence-corrected chi connectivity index (χ0v) is 14.4. The molecule has 1 aromatic carbocycles. The minimum atomic E-state index is 0.130. The van der Waals surface area contributed by atoms with Crippen molar-refractivity contribution in [1.82, 2.24) is 20.3 Å². The van der Waals surface area contributed by atoms with Gasteiger partial charge in [-0.2, -0.15) is 10.4 Å². The van der Waals surface area contributed by atoms with Crippen molar-refractivity contribution < 1.29 is 4.52 Å². The molecule has 3 aromatic heterocycles. The topological polar surface area (TPSA) is 103 Å². The minimum absolute atomic E-state index is 0.130. The Hall–Kier alpha value is -3.66. The Morgan fingerprint density at radius 1 is 1.26 bits per heavy atom. The first-order chi connectivity index (χ1) is 13.3. The van der Waals surface area contributed by atoms with Crippen molar-refractivity contribution in [3.63, 3.8) is 0 Å². The van der Waals surface area contributed by atoms with E-state index in [0.29, 0.717) is 5.56 Å². The highest BCUT2D eigenvalue weighted by Crippen LogP contribution is 2.33. The van der Waals surface area contributed by atoms with E-state index >= 15 is 0 Å². The highest BCUT2D eigenvalue weighted by Gasteiger charge is 2.22. The van der Waals surface area contributed by atoms with Crippen LogP contribution in [0.1, 0.15) is 35.7 Å². The summed E-state index contributed by atoms with van der Waals surface area (Å²) in [6.45, 7) is 0. The molecule has 0 saturated carbocycles. The van der Waals surface area contributed by atoms with Crippen molar-refractivity contribution >= 4 is 16.6 Å². The number of aromatic nitrogens is 4. The lowest BCUT2D eigenvalue weighted by Gasteiger charge is -2.26. The third-order valence-electron chi connectivity index (χ3n) is 5.01. The second-order valence-corrected chi connectivity index (χ2v) is 6.71. The van der Waals surface area contributed by atoms with E-state index in [-0.39, 0.29) is 6.04 Å². The molecule has 1 aliphatic rings. The van der Waals surface area contributed by atoms with Gasteiger partial charge in [-0.05, 0) is 49.1 Å². The molecule has 3 heterocycles. The number of aromatic amines is 1. The second-order valence-electron chi connectivity index (χ2n) is 6.71. The van der Waals surface area contributed by atoms with Crippen LogP contribution in [0.2, 0.25) is 0 Å². The molecule has 0 fully saturated rings. The van der Waals surface area contributed by atoms with E-state index in [2.05, 4.69) is 37.8 Å². The van der Waals surface area contributed by atoms with Crippen molar-refractivity contribution in [2.45, 2.75) is 25.3 Å². The number of hydrogen-bond acceptors (Lipinski definition) is 6. The first-order valence-corrected chi connectivity index (χ1v) is 8.85. The summed E-state index contributed by atoms with van der Waals surface area (Å²) >= 11 is 0. The number of anilines is 1. The Labute approximate surface area is 155 Å². The molecule has 5 rings (SSSR count). The number of hydrogen-bond donors (Lipinski definition) is 2. The Morgan fingerprint density at radius 2 is 2.22 bits per heavy atom. The summed E-state index contributed by atoms with van der Waals surface area (Å²) < 4.78 is 4.95. The van der Waals surface area contributed by atoms with Crippen LogP contribution >= 0.6 is 0 Å². The van der Waals surface area contributed by atoms with Crippen LogP contribution in [-0.2, 0) is 6.42 Å². The fourth-order valence-corrected chi connectivity index (χ4v) is 3.72. The van der Waals surface area contributed by atoms with Crippen LogP contribution in [-0.4, -0.2) is 20.3 Å². The average Bonchev–Trinajstić information content (AvgIpc) is 3.37. The Morgan fingerprint density at radius 3 is 3.07 bits per heavy atom. The van der Waals surface area contributed by atoms with E-state index in [4.69, 9.17) is 9.78 Å². The van der Waals surface area contributed by atoms with Crippen molar-refractivity contribution in [2.75, 3.05) is 5.32 Å². The zero-order valence-electron chi connectivity index (χ0n) is 14.4. The molecule has 1 unspecified atom stereocenters. The standard InChI is InChI=1S/C20H16N6O/c21-8-12-6-13-2-1-3-18(20(13)22-9-12)24-15-4-5-17-16(7-15)19(26-25-17)14-10-23-27-11-14/h4-7,9-11,18,24H,1-3H2,(H,25,26). The number of H-pyrrole nitrogens is 1. The fourth-order valence-electron chi connectivity index (χ4n) is 3.72. The van der Waals surface area contributed by atoms with E-state index in [9.17, 15) is 0 Å². The number of nitrogens with one attached hydrogen (secondary N) is 2. The van der Waals surface area contributed by atoms with Gasteiger partial charge in [-0.15, -0.1) is 0 Å². The van der Waals surface area contributed by atoms with Crippen LogP contribution in [0.15, 0.2) is 47.4 Å². The van der Waals surface area contributed by atoms with Crippen LogP contribution < -0.4 is 5.32 Å². The first-order valence-electron chi connectivity index (χ1n) is 8.85. The van der Waals surface area contributed by atoms with Gasteiger partial charge in [0, 0.05) is 17.3 Å². The second kappa shape index (κ2) is 6.25. The molecule has 0 amide bonds. The molecule has 4 aromatic rings. The Bertz CT molecular complexity index is 1160. The maximum Gasteiger partial charge on any atom is 0.133 e. The molecule has 2 N–H and O–H groups in total. The van der Waals surface area contributed by atoms with E-state index in [1.807, 2.05) is 18.2 Å². The summed E-state index contributed by atoms with van der Waals surface area (Å²) in [5.41, 5.74) is 6.43. The molecule has 7 nitrogen and oxygen atoms in total. The lowest BCUT2D eigenvalue weighted by atomic mass is 9.91. The predicted molar refractivity (Wildman–Crippen MR) is 99.8 cm³/mol. The van der Waals surface area contributed by atoms with Crippen molar-refractivity contribution in [3.8, 4) is 17.3 Å². The molecule has 1 aliphatic carbocycles. The quantitative estimate of drug-likeness (QED) is 0.575. The number of nitrogens with zero attached hydrogens (tertiary/aromatic N) is 4. The first kappa shape index (κ1) is 15.6. The van der Waals surface area contributed by atoms with Crippen molar-refractivity contribution in [2.24, 2.45) is 0 Å². The molecule has 0 spiro atoms. The van der Waals surface area contributed by atoms with Gasteiger partial charge in [0.15, 0.2) is 0 Å². The van der Waals surface area contributed by atoms with E-state index < -0.39 is 0 Å². The third-order valence-corrected chi connectivity index (χ3v) is 5.01. The van der Waals surface area contributed by atoms with Gasteiger partial charge < -0.3 is 9.84 Å². The highest BCUT2D eigenvalue weighted by atomic mass is 16.5. The van der Waals surface area contributed by atoms with Crippen LogP contribution in [0.4, 0.5) is 5.69 Å². The van der Waals surface area contributed by atoms with Gasteiger partial charge in [-0.3, -0.25) is 10.1 Å². The van der Waals surface area contributed by atoms with Crippen LogP contribution in [0.5, 0.6) is 0 Å². The summed E-state index contributed by atoms with van der Waals surface area (Å²) in [7, 11) is 0. The maximum absolute atomic E-state index is 9.10. The minimum Gasteiger partial charge on any atom is -0.377 e. The molecule has 132 valence electrons. The molecular weight excluding hydrogens is 340 g/mol. The molecule has 0 radical (unpaired) electrons. The number of pyridine rings is 1. The maximum atomic E-state index is 9.10. The number of aryl methyl sites for hydroxylation is 1. The number of benzene rings is 1. The summed E-state index contributed by atoms with van der Waals surface area (Å²) in [6, 6.07) is 10.4.